The van der Waals surface area contributed by atoms with Crippen molar-refractivity contribution in [2.24, 2.45) is 5.92 Å². The van der Waals surface area contributed by atoms with Gasteiger partial charge >= 0.3 is 0 Å². The summed E-state index contributed by atoms with van der Waals surface area (Å²) in [5, 5.41) is 0. The van der Waals surface area contributed by atoms with Gasteiger partial charge in [-0.3, -0.25) is 14.5 Å². The molecule has 0 unspecified atom stereocenters. The molecule has 0 spiro atoms. The summed E-state index contributed by atoms with van der Waals surface area (Å²) in [7, 11) is 0. The molecule has 0 radical (unpaired) electrons. The monoisotopic (exact) mass is 321 g/mol. The van der Waals surface area contributed by atoms with E-state index in [1.165, 1.54) is 19.3 Å². The Morgan fingerprint density at radius 2 is 1.35 bits per heavy atom. The molecule has 0 aromatic rings. The average Bonchev–Trinajstić information content (AvgIpc) is 2.62. The van der Waals surface area contributed by atoms with Crippen LogP contribution >= 0.6 is 0 Å². The van der Waals surface area contributed by atoms with Gasteiger partial charge in [-0.2, -0.15) is 0 Å². The van der Waals surface area contributed by atoms with Crippen LogP contribution in [-0.4, -0.2) is 71.8 Å². The van der Waals surface area contributed by atoms with Gasteiger partial charge in [0.05, 0.1) is 0 Å². The van der Waals surface area contributed by atoms with Gasteiger partial charge in [0.2, 0.25) is 11.8 Å². The molecule has 1 saturated carbocycles. The summed E-state index contributed by atoms with van der Waals surface area (Å²) in [6, 6.07) is 0.597. The van der Waals surface area contributed by atoms with Crippen molar-refractivity contribution in [1.82, 2.24) is 14.7 Å². The lowest BCUT2D eigenvalue weighted by molar-refractivity contribution is -0.139. The normalized spacial score (nSPS) is 25.6. The molecule has 2 heterocycles. The molecule has 0 bridgehead atoms. The van der Waals surface area contributed by atoms with Crippen LogP contribution in [0.3, 0.4) is 0 Å². The molecule has 5 nitrogen and oxygen atoms in total. The molecule has 2 aliphatic heterocycles. The minimum Gasteiger partial charge on any atom is -0.342 e. The van der Waals surface area contributed by atoms with E-state index in [4.69, 9.17) is 0 Å². The first kappa shape index (κ1) is 16.7. The second-order valence-electron chi connectivity index (χ2n) is 7.43. The fraction of sp³-hybridized carbons (Fsp3) is 0.889. The third-order valence-electron chi connectivity index (χ3n) is 6.01. The van der Waals surface area contributed by atoms with Crippen LogP contribution in [0.4, 0.5) is 0 Å². The van der Waals surface area contributed by atoms with Gasteiger partial charge in [0, 0.05) is 58.2 Å². The first-order valence-electron chi connectivity index (χ1n) is 9.43. The Morgan fingerprint density at radius 3 is 1.91 bits per heavy atom. The predicted molar refractivity (Wildman–Crippen MR) is 90.0 cm³/mol. The summed E-state index contributed by atoms with van der Waals surface area (Å²) >= 11 is 0. The topological polar surface area (TPSA) is 43.9 Å². The number of hydrogen-bond donors (Lipinski definition) is 0. The molecule has 2 amide bonds. The van der Waals surface area contributed by atoms with Crippen LogP contribution in [0.2, 0.25) is 0 Å². The molecule has 130 valence electrons. The standard InChI is InChI=1S/C18H31N3O2/c1-15(22)19-11-13-20(14-12-19)17-7-9-21(10-8-17)18(23)16-5-3-2-4-6-16/h16-17H,2-14H2,1H3. The number of carbonyl (C=O) groups is 2. The lowest BCUT2D eigenvalue weighted by Gasteiger charge is -2.43. The van der Waals surface area contributed by atoms with E-state index in [9.17, 15) is 9.59 Å². The molecular weight excluding hydrogens is 290 g/mol. The quantitative estimate of drug-likeness (QED) is 0.778. The van der Waals surface area contributed by atoms with Gasteiger partial charge < -0.3 is 9.80 Å². The van der Waals surface area contributed by atoms with E-state index in [-0.39, 0.29) is 5.91 Å². The third-order valence-corrected chi connectivity index (χ3v) is 6.01. The summed E-state index contributed by atoms with van der Waals surface area (Å²) < 4.78 is 0. The Kier molecular flexibility index (Phi) is 5.57. The zero-order valence-electron chi connectivity index (χ0n) is 14.5. The highest BCUT2D eigenvalue weighted by Crippen LogP contribution is 2.27. The summed E-state index contributed by atoms with van der Waals surface area (Å²) in [6.45, 7) is 7.19. The first-order chi connectivity index (χ1) is 11.1. The van der Waals surface area contributed by atoms with Gasteiger partial charge in [0.15, 0.2) is 0 Å². The molecule has 0 aromatic heterocycles. The van der Waals surface area contributed by atoms with Crippen molar-refractivity contribution in [3.8, 4) is 0 Å². The SMILES string of the molecule is CC(=O)N1CCN(C2CCN(C(=O)C3CCCCC3)CC2)CC1. The van der Waals surface area contributed by atoms with Crippen molar-refractivity contribution in [1.29, 1.82) is 0 Å². The van der Waals surface area contributed by atoms with Crippen LogP contribution in [0, 0.1) is 5.92 Å². The van der Waals surface area contributed by atoms with Crippen molar-refractivity contribution in [3.63, 3.8) is 0 Å². The Morgan fingerprint density at radius 1 is 0.739 bits per heavy atom. The molecular formula is C18H31N3O2. The van der Waals surface area contributed by atoms with Crippen molar-refractivity contribution in [3.05, 3.63) is 0 Å². The maximum Gasteiger partial charge on any atom is 0.225 e. The average molecular weight is 321 g/mol. The highest BCUT2D eigenvalue weighted by Gasteiger charge is 2.32. The highest BCUT2D eigenvalue weighted by atomic mass is 16.2. The molecule has 3 fully saturated rings. The minimum absolute atomic E-state index is 0.192. The lowest BCUT2D eigenvalue weighted by atomic mass is 9.87. The Bertz CT molecular complexity index is 418. The van der Waals surface area contributed by atoms with Gasteiger partial charge in [-0.25, -0.2) is 0 Å². The summed E-state index contributed by atoms with van der Waals surface area (Å²) in [4.78, 5) is 30.6. The number of rotatable bonds is 2. The van der Waals surface area contributed by atoms with Crippen molar-refractivity contribution in [2.75, 3.05) is 39.3 Å². The highest BCUT2D eigenvalue weighted by molar-refractivity contribution is 5.79. The number of piperazine rings is 1. The number of piperidine rings is 1. The Labute approximate surface area is 140 Å². The number of nitrogens with zero attached hydrogens (tertiary/aromatic N) is 3. The van der Waals surface area contributed by atoms with E-state index in [0.717, 1.165) is 65.0 Å². The fourth-order valence-electron chi connectivity index (χ4n) is 4.46. The van der Waals surface area contributed by atoms with Crippen LogP contribution in [0.5, 0.6) is 0 Å². The zero-order chi connectivity index (χ0) is 16.2. The minimum atomic E-state index is 0.192. The van der Waals surface area contributed by atoms with E-state index >= 15 is 0 Å². The van der Waals surface area contributed by atoms with Gasteiger partial charge in [-0.1, -0.05) is 19.3 Å². The van der Waals surface area contributed by atoms with E-state index in [1.54, 1.807) is 6.92 Å². The second kappa shape index (κ2) is 7.65. The van der Waals surface area contributed by atoms with E-state index in [0.29, 0.717) is 17.9 Å². The summed E-state index contributed by atoms with van der Waals surface area (Å²) in [5.41, 5.74) is 0. The molecule has 23 heavy (non-hydrogen) atoms. The first-order valence-corrected chi connectivity index (χ1v) is 9.43. The molecule has 0 N–H and O–H groups in total. The van der Waals surface area contributed by atoms with Gasteiger partial charge in [-0.05, 0) is 25.7 Å². The number of amides is 2. The Balaban J connectivity index is 1.43. The molecule has 0 atom stereocenters. The summed E-state index contributed by atoms with van der Waals surface area (Å²) in [5.74, 6) is 0.918. The predicted octanol–water partition coefficient (Wildman–Crippen LogP) is 1.72. The fourth-order valence-corrected chi connectivity index (χ4v) is 4.46. The van der Waals surface area contributed by atoms with Gasteiger partial charge in [0.25, 0.3) is 0 Å². The van der Waals surface area contributed by atoms with Gasteiger partial charge in [-0.15, -0.1) is 0 Å². The van der Waals surface area contributed by atoms with Crippen molar-refractivity contribution >= 4 is 11.8 Å². The molecule has 3 aliphatic rings. The van der Waals surface area contributed by atoms with E-state index in [2.05, 4.69) is 9.80 Å². The Hall–Kier alpha value is -1.10. The van der Waals surface area contributed by atoms with E-state index in [1.807, 2.05) is 4.90 Å². The molecule has 1 aliphatic carbocycles. The van der Waals surface area contributed by atoms with E-state index < -0.39 is 0 Å². The lowest BCUT2D eigenvalue weighted by Crippen LogP contribution is -2.54. The molecule has 0 aromatic carbocycles. The maximum absolute atomic E-state index is 12.6. The molecule has 5 heteroatoms. The van der Waals surface area contributed by atoms with Crippen LogP contribution < -0.4 is 0 Å². The largest absolute Gasteiger partial charge is 0.342 e. The molecule has 3 rings (SSSR count). The van der Waals surface area contributed by atoms with Crippen LogP contribution in [-0.2, 0) is 9.59 Å². The van der Waals surface area contributed by atoms with Crippen LogP contribution in [0.1, 0.15) is 51.9 Å². The number of likely N-dealkylation sites (tertiary alicyclic amines) is 1. The van der Waals surface area contributed by atoms with Crippen LogP contribution in [0.15, 0.2) is 0 Å². The second-order valence-corrected chi connectivity index (χ2v) is 7.43. The number of hydrogen-bond acceptors (Lipinski definition) is 3. The maximum atomic E-state index is 12.6. The van der Waals surface area contributed by atoms with Crippen molar-refractivity contribution < 1.29 is 9.59 Å². The summed E-state index contributed by atoms with van der Waals surface area (Å²) in [6.07, 6.45) is 8.16. The third kappa shape index (κ3) is 4.06. The zero-order valence-corrected chi connectivity index (χ0v) is 14.5. The molecule has 2 saturated heterocycles. The smallest absolute Gasteiger partial charge is 0.225 e. The van der Waals surface area contributed by atoms with Crippen LogP contribution in [0.25, 0.3) is 0 Å². The number of carbonyl (C=O) groups excluding carboxylic acids is 2. The van der Waals surface area contributed by atoms with Crippen molar-refractivity contribution in [2.45, 2.75) is 57.9 Å². The van der Waals surface area contributed by atoms with Gasteiger partial charge in [0.1, 0.15) is 0 Å².